The molecule has 3 rings (SSSR count). The summed E-state index contributed by atoms with van der Waals surface area (Å²) < 4.78 is 42.5. The van der Waals surface area contributed by atoms with Crippen molar-refractivity contribution in [2.45, 2.75) is 30.2 Å². The minimum absolute atomic E-state index is 0.00403. The van der Waals surface area contributed by atoms with Gasteiger partial charge in [-0.1, -0.05) is 30.6 Å². The lowest BCUT2D eigenvalue weighted by molar-refractivity contribution is -0.0328. The van der Waals surface area contributed by atoms with E-state index in [0.717, 1.165) is 18.4 Å². The van der Waals surface area contributed by atoms with E-state index >= 15 is 0 Å². The van der Waals surface area contributed by atoms with Gasteiger partial charge in [0.05, 0.1) is 0 Å². The van der Waals surface area contributed by atoms with Crippen molar-refractivity contribution in [3.63, 3.8) is 0 Å². The van der Waals surface area contributed by atoms with Gasteiger partial charge in [0.2, 0.25) is 5.89 Å². The summed E-state index contributed by atoms with van der Waals surface area (Å²) in [6.45, 7) is 2.10. The van der Waals surface area contributed by atoms with Gasteiger partial charge in [-0.05, 0) is 60.1 Å². The number of nitrogens with one attached hydrogen (secondary N) is 1. The van der Waals surface area contributed by atoms with Crippen molar-refractivity contribution in [3.05, 3.63) is 59.7 Å². The van der Waals surface area contributed by atoms with Gasteiger partial charge in [-0.25, -0.2) is 0 Å². The predicted octanol–water partition coefficient (Wildman–Crippen LogP) is 5.55. The van der Waals surface area contributed by atoms with Crippen LogP contribution in [-0.2, 0) is 6.42 Å². The minimum atomic E-state index is -4.38. The van der Waals surface area contributed by atoms with Crippen molar-refractivity contribution in [1.82, 2.24) is 10.2 Å². The molecule has 1 N–H and O–H groups in total. The zero-order valence-electron chi connectivity index (χ0n) is 14.8. The highest BCUT2D eigenvalue weighted by molar-refractivity contribution is 8.00. The Balaban J connectivity index is 1.65. The van der Waals surface area contributed by atoms with Gasteiger partial charge in [0.25, 0.3) is 5.91 Å². The standard InChI is InChI=1S/C19H16F3N3O2S/c1-2-3-12-4-6-14(7-5-12)17-24-25-18(27-17)23-16(26)13-8-10-15(11-9-13)28-19(20,21)22/h4-11H,2-3H2,1H3,(H,23,25,26). The number of aryl methyl sites for hydroxylation is 1. The van der Waals surface area contributed by atoms with Crippen LogP contribution in [0.15, 0.2) is 57.8 Å². The molecule has 5 nitrogen and oxygen atoms in total. The molecule has 2 aromatic carbocycles. The molecule has 0 aliphatic carbocycles. The molecule has 146 valence electrons. The van der Waals surface area contributed by atoms with E-state index in [1.54, 1.807) is 0 Å². The van der Waals surface area contributed by atoms with Gasteiger partial charge in [0.15, 0.2) is 0 Å². The van der Waals surface area contributed by atoms with Crippen molar-refractivity contribution in [1.29, 1.82) is 0 Å². The Bertz CT molecular complexity index is 938. The molecule has 3 aromatic rings. The highest BCUT2D eigenvalue weighted by Gasteiger charge is 2.29. The van der Waals surface area contributed by atoms with Crippen LogP contribution in [0.1, 0.15) is 29.3 Å². The van der Waals surface area contributed by atoms with Crippen molar-refractivity contribution < 1.29 is 22.4 Å². The Morgan fingerprint density at radius 1 is 1.07 bits per heavy atom. The number of thioether (sulfide) groups is 1. The summed E-state index contributed by atoms with van der Waals surface area (Å²) in [5, 5.41) is 10.1. The highest BCUT2D eigenvalue weighted by Crippen LogP contribution is 2.36. The summed E-state index contributed by atoms with van der Waals surface area (Å²) in [5.41, 5.74) is -2.28. The number of carbonyl (C=O) groups is 1. The molecule has 1 aromatic heterocycles. The van der Waals surface area contributed by atoms with Crippen LogP contribution in [0.4, 0.5) is 19.2 Å². The Morgan fingerprint density at radius 2 is 1.75 bits per heavy atom. The monoisotopic (exact) mass is 407 g/mol. The van der Waals surface area contributed by atoms with Crippen molar-refractivity contribution in [2.75, 3.05) is 5.32 Å². The third-order valence-electron chi connectivity index (χ3n) is 3.74. The Morgan fingerprint density at radius 3 is 2.36 bits per heavy atom. The summed E-state index contributed by atoms with van der Waals surface area (Å²) in [5.74, 6) is -0.299. The minimum Gasteiger partial charge on any atom is -0.403 e. The third-order valence-corrected chi connectivity index (χ3v) is 4.47. The first-order valence-electron chi connectivity index (χ1n) is 8.44. The maximum Gasteiger partial charge on any atom is 0.446 e. The van der Waals surface area contributed by atoms with Gasteiger partial charge in [-0.15, -0.1) is 5.10 Å². The zero-order chi connectivity index (χ0) is 20.1. The third kappa shape index (κ3) is 5.35. The van der Waals surface area contributed by atoms with Crippen LogP contribution in [0.3, 0.4) is 0 Å². The fourth-order valence-electron chi connectivity index (χ4n) is 2.47. The molecule has 0 saturated carbocycles. The fraction of sp³-hybridized carbons (Fsp3) is 0.211. The van der Waals surface area contributed by atoms with E-state index in [1.807, 2.05) is 24.3 Å². The number of nitrogens with zero attached hydrogens (tertiary/aromatic N) is 2. The molecular formula is C19H16F3N3O2S. The molecule has 0 saturated heterocycles. The van der Waals surface area contributed by atoms with Gasteiger partial charge in [-0.2, -0.15) is 13.2 Å². The maximum atomic E-state index is 12.3. The molecule has 0 radical (unpaired) electrons. The molecule has 0 aliphatic rings. The summed E-state index contributed by atoms with van der Waals surface area (Å²) in [6, 6.07) is 12.6. The van der Waals surface area contributed by atoms with Crippen LogP contribution in [-0.4, -0.2) is 21.6 Å². The second-order valence-electron chi connectivity index (χ2n) is 5.89. The zero-order valence-corrected chi connectivity index (χ0v) is 15.6. The second kappa shape index (κ2) is 8.47. The normalized spacial score (nSPS) is 11.4. The molecule has 28 heavy (non-hydrogen) atoms. The summed E-state index contributed by atoms with van der Waals surface area (Å²) in [6.07, 6.45) is 2.03. The number of alkyl halides is 3. The number of carbonyl (C=O) groups excluding carboxylic acids is 1. The van der Waals surface area contributed by atoms with E-state index in [9.17, 15) is 18.0 Å². The predicted molar refractivity (Wildman–Crippen MR) is 100 cm³/mol. The first-order chi connectivity index (χ1) is 13.3. The molecule has 0 spiro atoms. The van der Waals surface area contributed by atoms with E-state index in [4.69, 9.17) is 4.42 Å². The Kier molecular flexibility index (Phi) is 6.03. The quantitative estimate of drug-likeness (QED) is 0.543. The van der Waals surface area contributed by atoms with E-state index in [-0.39, 0.29) is 34.1 Å². The van der Waals surface area contributed by atoms with Gasteiger partial charge < -0.3 is 4.42 Å². The van der Waals surface area contributed by atoms with Crippen molar-refractivity contribution in [3.8, 4) is 11.5 Å². The van der Waals surface area contributed by atoms with Gasteiger partial charge in [0, 0.05) is 16.0 Å². The van der Waals surface area contributed by atoms with Crippen LogP contribution in [0.25, 0.3) is 11.5 Å². The molecule has 0 bridgehead atoms. The summed E-state index contributed by atoms with van der Waals surface area (Å²) in [4.78, 5) is 12.2. The SMILES string of the molecule is CCCc1ccc(-c2nnc(NC(=O)c3ccc(SC(F)(F)F)cc3)o2)cc1. The Hall–Kier alpha value is -2.81. The number of rotatable bonds is 6. The maximum absolute atomic E-state index is 12.3. The number of aromatic nitrogens is 2. The van der Waals surface area contributed by atoms with E-state index in [0.29, 0.717) is 0 Å². The summed E-state index contributed by atoms with van der Waals surface area (Å²) >= 11 is -0.243. The van der Waals surface area contributed by atoms with Gasteiger partial charge in [0.1, 0.15) is 0 Å². The van der Waals surface area contributed by atoms with Crippen LogP contribution in [0, 0.1) is 0 Å². The first-order valence-corrected chi connectivity index (χ1v) is 9.25. The smallest absolute Gasteiger partial charge is 0.403 e. The Labute approximate surface area is 163 Å². The molecule has 0 aliphatic heterocycles. The second-order valence-corrected chi connectivity index (χ2v) is 7.02. The average molecular weight is 407 g/mol. The average Bonchev–Trinajstić information content (AvgIpc) is 3.10. The number of anilines is 1. The number of amides is 1. The lowest BCUT2D eigenvalue weighted by Gasteiger charge is -2.06. The molecule has 0 atom stereocenters. The summed E-state index contributed by atoms with van der Waals surface area (Å²) in [7, 11) is 0. The molecule has 1 amide bonds. The highest BCUT2D eigenvalue weighted by atomic mass is 32.2. The first kappa shape index (κ1) is 19.9. The fourth-order valence-corrected chi connectivity index (χ4v) is 3.01. The van der Waals surface area contributed by atoms with Gasteiger partial charge in [-0.3, -0.25) is 10.1 Å². The van der Waals surface area contributed by atoms with E-state index in [1.165, 1.54) is 29.8 Å². The van der Waals surface area contributed by atoms with Crippen molar-refractivity contribution in [2.24, 2.45) is 0 Å². The number of benzene rings is 2. The number of hydrogen-bond acceptors (Lipinski definition) is 5. The van der Waals surface area contributed by atoms with Crippen molar-refractivity contribution >= 4 is 23.7 Å². The van der Waals surface area contributed by atoms with E-state index in [2.05, 4.69) is 22.4 Å². The lowest BCUT2D eigenvalue weighted by Crippen LogP contribution is -2.12. The van der Waals surface area contributed by atoms with Crippen LogP contribution in [0.2, 0.25) is 0 Å². The van der Waals surface area contributed by atoms with Gasteiger partial charge >= 0.3 is 11.5 Å². The van der Waals surface area contributed by atoms with Crippen LogP contribution >= 0.6 is 11.8 Å². The van der Waals surface area contributed by atoms with Crippen LogP contribution < -0.4 is 5.32 Å². The van der Waals surface area contributed by atoms with Crippen LogP contribution in [0.5, 0.6) is 0 Å². The molecule has 0 fully saturated rings. The topological polar surface area (TPSA) is 68.0 Å². The lowest BCUT2D eigenvalue weighted by atomic mass is 10.1. The molecule has 0 unspecified atom stereocenters. The number of hydrogen-bond donors (Lipinski definition) is 1. The largest absolute Gasteiger partial charge is 0.446 e. The molecular weight excluding hydrogens is 391 g/mol. The van der Waals surface area contributed by atoms with E-state index < -0.39 is 11.4 Å². The number of halogens is 3. The molecule has 1 heterocycles. The molecule has 9 heteroatoms.